The van der Waals surface area contributed by atoms with Gasteiger partial charge in [-0.25, -0.2) is 0 Å². The van der Waals surface area contributed by atoms with Gasteiger partial charge in [0.25, 0.3) is 0 Å². The van der Waals surface area contributed by atoms with Crippen LogP contribution in [0.5, 0.6) is 0 Å². The van der Waals surface area contributed by atoms with Gasteiger partial charge in [0.1, 0.15) is 0 Å². The van der Waals surface area contributed by atoms with Crippen LogP contribution in [0.15, 0.2) is 73.1 Å². The molecule has 1 aromatic heterocycles. The van der Waals surface area contributed by atoms with Crippen molar-refractivity contribution < 1.29 is 9.53 Å². The molecule has 0 bridgehead atoms. The fourth-order valence-electron chi connectivity index (χ4n) is 2.98. The third-order valence-corrected chi connectivity index (χ3v) is 4.46. The van der Waals surface area contributed by atoms with Crippen LogP contribution in [0, 0.1) is 0 Å². The molecule has 1 N–H and O–H groups in total. The molecule has 0 aliphatic heterocycles. The van der Waals surface area contributed by atoms with Gasteiger partial charge in [0.2, 0.25) is 5.91 Å². The molecule has 0 atom stereocenters. The van der Waals surface area contributed by atoms with Crippen molar-refractivity contribution >= 4 is 5.91 Å². The lowest BCUT2D eigenvalue weighted by Gasteiger charge is -2.08. The SMILES string of the molecule is O=C(CCCOCCc1ccccc1)NCc1cccc(Cn2cccn2)c1. The molecule has 0 unspecified atom stereocenters. The van der Waals surface area contributed by atoms with Crippen molar-refractivity contribution in [3.63, 3.8) is 0 Å². The molecule has 0 spiro atoms. The van der Waals surface area contributed by atoms with Gasteiger partial charge in [-0.1, -0.05) is 54.6 Å². The average molecular weight is 377 g/mol. The summed E-state index contributed by atoms with van der Waals surface area (Å²) in [6.07, 6.45) is 5.84. The van der Waals surface area contributed by atoms with Gasteiger partial charge in [-0.2, -0.15) is 5.10 Å². The molecule has 0 fully saturated rings. The van der Waals surface area contributed by atoms with E-state index in [0.29, 0.717) is 26.2 Å². The van der Waals surface area contributed by atoms with Crippen LogP contribution in [0.1, 0.15) is 29.5 Å². The van der Waals surface area contributed by atoms with E-state index in [1.165, 1.54) is 11.1 Å². The van der Waals surface area contributed by atoms with Gasteiger partial charge < -0.3 is 10.1 Å². The van der Waals surface area contributed by atoms with Crippen LogP contribution in [0.4, 0.5) is 0 Å². The first-order valence-corrected chi connectivity index (χ1v) is 9.73. The summed E-state index contributed by atoms with van der Waals surface area (Å²) in [5.74, 6) is 0.0594. The van der Waals surface area contributed by atoms with Gasteiger partial charge in [0, 0.05) is 32.0 Å². The maximum atomic E-state index is 12.0. The molecular weight excluding hydrogens is 350 g/mol. The Bertz CT molecular complexity index is 832. The second kappa shape index (κ2) is 11.0. The maximum Gasteiger partial charge on any atom is 0.220 e. The Balaban J connectivity index is 1.29. The van der Waals surface area contributed by atoms with Crippen molar-refractivity contribution in [2.45, 2.75) is 32.4 Å². The van der Waals surface area contributed by atoms with Crippen LogP contribution in [0.25, 0.3) is 0 Å². The number of carbonyl (C=O) groups is 1. The molecule has 1 heterocycles. The van der Waals surface area contributed by atoms with Crippen LogP contribution in [0.2, 0.25) is 0 Å². The Hall–Kier alpha value is -2.92. The standard InChI is InChI=1S/C23H27N3O2/c27-23(11-5-15-28-16-12-20-7-2-1-3-8-20)24-18-21-9-4-10-22(17-21)19-26-14-6-13-25-26/h1-4,6-10,13-14,17H,5,11-12,15-16,18-19H2,(H,24,27). The minimum Gasteiger partial charge on any atom is -0.381 e. The summed E-state index contributed by atoms with van der Waals surface area (Å²) in [5, 5.41) is 7.21. The average Bonchev–Trinajstić information content (AvgIpc) is 3.23. The topological polar surface area (TPSA) is 56.1 Å². The third-order valence-electron chi connectivity index (χ3n) is 4.46. The summed E-state index contributed by atoms with van der Waals surface area (Å²) in [5.41, 5.74) is 3.54. The largest absolute Gasteiger partial charge is 0.381 e. The second-order valence-corrected chi connectivity index (χ2v) is 6.75. The summed E-state index contributed by atoms with van der Waals surface area (Å²) in [7, 11) is 0. The number of nitrogens with one attached hydrogen (secondary N) is 1. The number of benzene rings is 2. The minimum absolute atomic E-state index is 0.0594. The minimum atomic E-state index is 0.0594. The molecule has 1 amide bonds. The summed E-state index contributed by atoms with van der Waals surface area (Å²) >= 11 is 0. The first kappa shape index (κ1) is 19.8. The van der Waals surface area contributed by atoms with Gasteiger partial charge in [0.05, 0.1) is 13.2 Å². The molecule has 0 saturated carbocycles. The summed E-state index contributed by atoms with van der Waals surface area (Å²) in [6, 6.07) is 20.4. The number of hydrogen-bond donors (Lipinski definition) is 1. The van der Waals surface area contributed by atoms with E-state index in [4.69, 9.17) is 4.74 Å². The number of hydrogen-bond acceptors (Lipinski definition) is 3. The fourth-order valence-corrected chi connectivity index (χ4v) is 2.98. The zero-order valence-corrected chi connectivity index (χ0v) is 16.1. The summed E-state index contributed by atoms with van der Waals surface area (Å²) in [4.78, 5) is 12.0. The van der Waals surface area contributed by atoms with Crippen molar-refractivity contribution in [3.05, 3.63) is 89.7 Å². The monoisotopic (exact) mass is 377 g/mol. The van der Waals surface area contributed by atoms with E-state index < -0.39 is 0 Å². The van der Waals surface area contributed by atoms with Crippen LogP contribution >= 0.6 is 0 Å². The van der Waals surface area contributed by atoms with E-state index in [0.717, 1.165) is 24.9 Å². The van der Waals surface area contributed by atoms with Gasteiger partial charge in [-0.05, 0) is 35.6 Å². The van der Waals surface area contributed by atoms with Crippen LogP contribution in [-0.4, -0.2) is 28.9 Å². The summed E-state index contributed by atoms with van der Waals surface area (Å²) < 4.78 is 7.51. The van der Waals surface area contributed by atoms with E-state index in [-0.39, 0.29) is 5.91 Å². The second-order valence-electron chi connectivity index (χ2n) is 6.75. The van der Waals surface area contributed by atoms with Gasteiger partial charge in [-0.15, -0.1) is 0 Å². The third kappa shape index (κ3) is 7.00. The first-order valence-electron chi connectivity index (χ1n) is 9.73. The Morgan fingerprint density at radius 1 is 0.964 bits per heavy atom. The molecule has 0 aliphatic rings. The molecular formula is C23H27N3O2. The van der Waals surface area contributed by atoms with E-state index in [1.807, 2.05) is 47.3 Å². The van der Waals surface area contributed by atoms with E-state index in [1.54, 1.807) is 6.20 Å². The van der Waals surface area contributed by atoms with Crippen LogP contribution in [0.3, 0.4) is 0 Å². The lowest BCUT2D eigenvalue weighted by Crippen LogP contribution is -2.23. The fraction of sp³-hybridized carbons (Fsp3) is 0.304. The number of rotatable bonds is 11. The molecule has 0 saturated heterocycles. The number of ether oxygens (including phenoxy) is 1. The Morgan fingerprint density at radius 2 is 1.79 bits per heavy atom. The highest BCUT2D eigenvalue weighted by Crippen LogP contribution is 2.07. The Morgan fingerprint density at radius 3 is 2.61 bits per heavy atom. The molecule has 2 aromatic carbocycles. The van der Waals surface area contributed by atoms with E-state index >= 15 is 0 Å². The zero-order valence-electron chi connectivity index (χ0n) is 16.1. The van der Waals surface area contributed by atoms with Crippen LogP contribution < -0.4 is 5.32 Å². The predicted octanol–water partition coefficient (Wildman–Crippen LogP) is 3.59. The summed E-state index contributed by atoms with van der Waals surface area (Å²) in [6.45, 7) is 2.57. The number of nitrogens with zero attached hydrogens (tertiary/aromatic N) is 2. The zero-order chi connectivity index (χ0) is 19.4. The van der Waals surface area contributed by atoms with Crippen molar-refractivity contribution in [1.82, 2.24) is 15.1 Å². The van der Waals surface area contributed by atoms with Crippen molar-refractivity contribution in [3.8, 4) is 0 Å². The highest BCUT2D eigenvalue weighted by molar-refractivity contribution is 5.75. The highest BCUT2D eigenvalue weighted by Gasteiger charge is 2.03. The molecule has 0 aliphatic carbocycles. The van der Waals surface area contributed by atoms with Gasteiger partial charge >= 0.3 is 0 Å². The predicted molar refractivity (Wildman–Crippen MR) is 110 cm³/mol. The lowest BCUT2D eigenvalue weighted by atomic mass is 10.1. The molecule has 5 nitrogen and oxygen atoms in total. The number of amides is 1. The van der Waals surface area contributed by atoms with Crippen LogP contribution in [-0.2, 0) is 29.0 Å². The molecule has 3 aromatic rings. The molecule has 0 radical (unpaired) electrons. The first-order chi connectivity index (χ1) is 13.8. The maximum absolute atomic E-state index is 12.0. The normalized spacial score (nSPS) is 10.7. The van der Waals surface area contributed by atoms with Crippen molar-refractivity contribution in [2.75, 3.05) is 13.2 Å². The van der Waals surface area contributed by atoms with E-state index in [9.17, 15) is 4.79 Å². The molecule has 146 valence electrons. The smallest absolute Gasteiger partial charge is 0.220 e. The molecule has 28 heavy (non-hydrogen) atoms. The number of carbonyl (C=O) groups excluding carboxylic acids is 1. The highest BCUT2D eigenvalue weighted by atomic mass is 16.5. The van der Waals surface area contributed by atoms with Crippen molar-refractivity contribution in [1.29, 1.82) is 0 Å². The van der Waals surface area contributed by atoms with E-state index in [2.05, 4.69) is 34.7 Å². The quantitative estimate of drug-likeness (QED) is 0.520. The lowest BCUT2D eigenvalue weighted by molar-refractivity contribution is -0.121. The van der Waals surface area contributed by atoms with Gasteiger partial charge in [-0.3, -0.25) is 9.48 Å². The van der Waals surface area contributed by atoms with Gasteiger partial charge in [0.15, 0.2) is 0 Å². The molecule has 5 heteroatoms. The van der Waals surface area contributed by atoms with Crippen molar-refractivity contribution in [2.24, 2.45) is 0 Å². The molecule has 3 rings (SSSR count). The Labute approximate surface area is 166 Å². The number of aromatic nitrogens is 2. The Kier molecular flexibility index (Phi) is 7.82.